The lowest BCUT2D eigenvalue weighted by molar-refractivity contribution is 0.00623. The Kier molecular flexibility index (Phi) is 5.63. The lowest BCUT2D eigenvalue weighted by atomic mass is 10.0. The fourth-order valence-corrected chi connectivity index (χ4v) is 4.77. The summed E-state index contributed by atoms with van der Waals surface area (Å²) in [6, 6.07) is 9.04. The SMILES string of the molecule is CC(C)(C)OC(=O)c1ccn(C(=O)N2CC3CC(Oc4cccc(-c5ncco5)c4)CC3C2)n1. The van der Waals surface area contributed by atoms with Crippen LogP contribution in [-0.4, -0.2) is 56.5 Å². The highest BCUT2D eigenvalue weighted by Gasteiger charge is 2.43. The Bertz CT molecular complexity index is 1170. The highest BCUT2D eigenvalue weighted by molar-refractivity contribution is 5.88. The summed E-state index contributed by atoms with van der Waals surface area (Å²) < 4.78 is 18.2. The number of likely N-dealkylation sites (tertiary alicyclic amines) is 1. The summed E-state index contributed by atoms with van der Waals surface area (Å²) in [5, 5.41) is 4.15. The molecule has 1 aromatic carbocycles. The first kappa shape index (κ1) is 22.2. The van der Waals surface area contributed by atoms with Crippen LogP contribution in [0, 0.1) is 11.8 Å². The quantitative estimate of drug-likeness (QED) is 0.532. The standard InChI is InChI=1S/C25H28N4O5/c1-25(2,3)34-23(30)21-7-9-29(27-21)24(31)28-14-17-12-20(13-18(17)15-28)33-19-6-4-5-16(11-19)22-26-8-10-32-22/h4-11,17-18,20H,12-15H2,1-3H3. The van der Waals surface area contributed by atoms with Crippen molar-refractivity contribution in [3.05, 3.63) is 54.7 Å². The summed E-state index contributed by atoms with van der Waals surface area (Å²) in [5.74, 6) is 1.58. The molecule has 0 spiro atoms. The van der Waals surface area contributed by atoms with Gasteiger partial charge >= 0.3 is 12.0 Å². The van der Waals surface area contributed by atoms with Gasteiger partial charge in [-0.3, -0.25) is 0 Å². The minimum absolute atomic E-state index is 0.107. The third kappa shape index (κ3) is 4.69. The number of benzene rings is 1. The second-order valence-corrected chi connectivity index (χ2v) is 9.93. The summed E-state index contributed by atoms with van der Waals surface area (Å²) in [5.41, 5.74) is 0.387. The van der Waals surface area contributed by atoms with Gasteiger partial charge in [0.1, 0.15) is 17.6 Å². The van der Waals surface area contributed by atoms with Gasteiger partial charge in [0.15, 0.2) is 5.69 Å². The predicted molar refractivity (Wildman–Crippen MR) is 122 cm³/mol. The molecular weight excluding hydrogens is 436 g/mol. The van der Waals surface area contributed by atoms with Crippen molar-refractivity contribution in [3.8, 4) is 17.2 Å². The van der Waals surface area contributed by atoms with Gasteiger partial charge in [-0.1, -0.05) is 6.07 Å². The van der Waals surface area contributed by atoms with Gasteiger partial charge in [-0.05, 0) is 69.7 Å². The van der Waals surface area contributed by atoms with Crippen LogP contribution < -0.4 is 4.74 Å². The third-order valence-electron chi connectivity index (χ3n) is 6.19. The van der Waals surface area contributed by atoms with Crippen LogP contribution in [0.5, 0.6) is 5.75 Å². The Morgan fingerprint density at radius 2 is 1.88 bits per heavy atom. The van der Waals surface area contributed by atoms with E-state index in [-0.39, 0.29) is 17.8 Å². The number of nitrogens with zero attached hydrogens (tertiary/aromatic N) is 4. The third-order valence-corrected chi connectivity index (χ3v) is 6.19. The van der Waals surface area contributed by atoms with E-state index in [9.17, 15) is 9.59 Å². The van der Waals surface area contributed by atoms with E-state index in [1.165, 1.54) is 16.9 Å². The second kappa shape index (κ2) is 8.62. The number of ether oxygens (including phenoxy) is 2. The summed E-state index contributed by atoms with van der Waals surface area (Å²) >= 11 is 0. The summed E-state index contributed by atoms with van der Waals surface area (Å²) in [7, 11) is 0. The molecule has 0 bridgehead atoms. The number of hydrogen-bond donors (Lipinski definition) is 0. The number of fused-ring (bicyclic) bond motifs is 1. The molecule has 2 fully saturated rings. The van der Waals surface area contributed by atoms with Crippen molar-refractivity contribution in [2.45, 2.75) is 45.3 Å². The summed E-state index contributed by atoms with van der Waals surface area (Å²) in [6.07, 6.45) is 6.57. The van der Waals surface area contributed by atoms with Gasteiger partial charge in [0.25, 0.3) is 0 Å². The van der Waals surface area contributed by atoms with Gasteiger partial charge in [-0.25, -0.2) is 14.6 Å². The normalized spacial score (nSPS) is 22.0. The van der Waals surface area contributed by atoms with Gasteiger partial charge in [0.05, 0.1) is 12.3 Å². The maximum atomic E-state index is 13.0. The molecule has 2 atom stereocenters. The van der Waals surface area contributed by atoms with E-state index < -0.39 is 11.6 Å². The Balaban J connectivity index is 1.16. The van der Waals surface area contributed by atoms with E-state index >= 15 is 0 Å². The molecule has 2 aromatic heterocycles. The molecule has 1 saturated carbocycles. The van der Waals surface area contributed by atoms with Crippen molar-refractivity contribution in [3.63, 3.8) is 0 Å². The van der Waals surface area contributed by atoms with Crippen molar-refractivity contribution in [2.75, 3.05) is 13.1 Å². The molecule has 2 unspecified atom stereocenters. The molecule has 9 heteroatoms. The molecule has 5 rings (SSSR count). The van der Waals surface area contributed by atoms with Crippen LogP contribution in [0.25, 0.3) is 11.5 Å². The number of aromatic nitrogens is 3. The first-order valence-electron chi connectivity index (χ1n) is 11.5. The van der Waals surface area contributed by atoms with Crippen molar-refractivity contribution >= 4 is 12.0 Å². The monoisotopic (exact) mass is 464 g/mol. The van der Waals surface area contributed by atoms with Crippen LogP contribution in [0.15, 0.2) is 53.4 Å². The number of hydrogen-bond acceptors (Lipinski definition) is 7. The van der Waals surface area contributed by atoms with E-state index in [0.717, 1.165) is 24.2 Å². The molecule has 1 saturated heterocycles. The van der Waals surface area contributed by atoms with E-state index in [1.54, 1.807) is 38.1 Å². The van der Waals surface area contributed by atoms with E-state index in [4.69, 9.17) is 13.9 Å². The molecule has 0 radical (unpaired) electrons. The van der Waals surface area contributed by atoms with Gasteiger partial charge in [0, 0.05) is 24.8 Å². The Hall–Kier alpha value is -3.62. The zero-order chi connectivity index (χ0) is 23.9. The molecule has 3 aromatic rings. The zero-order valence-corrected chi connectivity index (χ0v) is 19.5. The zero-order valence-electron chi connectivity index (χ0n) is 19.5. The highest BCUT2D eigenvalue weighted by Crippen LogP contribution is 2.40. The van der Waals surface area contributed by atoms with Crippen LogP contribution in [0.1, 0.15) is 44.1 Å². The molecule has 178 valence electrons. The number of amides is 1. The smallest absolute Gasteiger partial charge is 0.359 e. The fourth-order valence-electron chi connectivity index (χ4n) is 4.77. The maximum absolute atomic E-state index is 13.0. The molecular formula is C25H28N4O5. The molecule has 0 N–H and O–H groups in total. The van der Waals surface area contributed by atoms with Gasteiger partial charge in [-0.15, -0.1) is 0 Å². The van der Waals surface area contributed by atoms with E-state index in [1.807, 2.05) is 24.3 Å². The van der Waals surface area contributed by atoms with Gasteiger partial charge in [0.2, 0.25) is 5.89 Å². The average Bonchev–Trinajstić information content (AvgIpc) is 3.56. The van der Waals surface area contributed by atoms with Gasteiger partial charge in [-0.2, -0.15) is 9.78 Å². The van der Waals surface area contributed by atoms with Crippen molar-refractivity contribution in [2.24, 2.45) is 11.8 Å². The molecule has 9 nitrogen and oxygen atoms in total. The topological polar surface area (TPSA) is 99.7 Å². The minimum atomic E-state index is -0.618. The molecule has 1 amide bonds. The number of carbonyl (C=O) groups is 2. The van der Waals surface area contributed by atoms with Crippen LogP contribution in [0.2, 0.25) is 0 Å². The van der Waals surface area contributed by atoms with Crippen LogP contribution in [-0.2, 0) is 4.74 Å². The van der Waals surface area contributed by atoms with E-state index in [2.05, 4.69) is 10.1 Å². The van der Waals surface area contributed by atoms with Crippen molar-refractivity contribution < 1.29 is 23.5 Å². The fraction of sp³-hybridized carbons (Fsp3) is 0.440. The Labute approximate surface area is 197 Å². The summed E-state index contributed by atoms with van der Waals surface area (Å²) in [4.78, 5) is 31.2. The van der Waals surface area contributed by atoms with Crippen molar-refractivity contribution in [1.29, 1.82) is 0 Å². The van der Waals surface area contributed by atoms with Crippen LogP contribution >= 0.6 is 0 Å². The largest absolute Gasteiger partial charge is 0.490 e. The predicted octanol–water partition coefficient (Wildman–Crippen LogP) is 4.25. The highest BCUT2D eigenvalue weighted by atomic mass is 16.6. The maximum Gasteiger partial charge on any atom is 0.359 e. The first-order chi connectivity index (χ1) is 16.2. The van der Waals surface area contributed by atoms with Crippen LogP contribution in [0.4, 0.5) is 4.79 Å². The average molecular weight is 465 g/mol. The lowest BCUT2D eigenvalue weighted by Gasteiger charge is -2.20. The molecule has 1 aliphatic carbocycles. The number of carbonyl (C=O) groups excluding carboxylic acids is 2. The van der Waals surface area contributed by atoms with Crippen molar-refractivity contribution in [1.82, 2.24) is 19.7 Å². The Morgan fingerprint density at radius 1 is 1.12 bits per heavy atom. The molecule has 34 heavy (non-hydrogen) atoms. The second-order valence-electron chi connectivity index (χ2n) is 9.93. The molecule has 2 aliphatic rings. The van der Waals surface area contributed by atoms with E-state index in [0.29, 0.717) is 30.8 Å². The lowest BCUT2D eigenvalue weighted by Crippen LogP contribution is -2.35. The molecule has 1 aliphatic heterocycles. The Morgan fingerprint density at radius 3 is 2.56 bits per heavy atom. The number of rotatable bonds is 4. The molecule has 3 heterocycles. The van der Waals surface area contributed by atoms with Crippen LogP contribution in [0.3, 0.4) is 0 Å². The number of oxazole rings is 1. The minimum Gasteiger partial charge on any atom is -0.490 e. The first-order valence-corrected chi connectivity index (χ1v) is 11.5. The van der Waals surface area contributed by atoms with Gasteiger partial charge < -0.3 is 18.8 Å². The summed E-state index contributed by atoms with van der Waals surface area (Å²) in [6.45, 7) is 6.68. The number of esters is 1.